The molecule has 58 valence electrons. The van der Waals surface area contributed by atoms with Crippen LogP contribution in [0.2, 0.25) is 0 Å². The molecule has 0 N–H and O–H groups in total. The van der Waals surface area contributed by atoms with E-state index in [0.717, 1.165) is 5.92 Å². The maximum Gasteiger partial charge on any atom is 0.00595 e. The molecule has 0 aliphatic heterocycles. The maximum absolute atomic E-state index is 3.51. The van der Waals surface area contributed by atoms with Crippen molar-refractivity contribution < 1.29 is 19.5 Å². The molecular weight excluding hydrogens is 241 g/mol. The van der Waals surface area contributed by atoms with Gasteiger partial charge in [-0.1, -0.05) is 49.0 Å². The molecule has 0 saturated heterocycles. The van der Waals surface area contributed by atoms with E-state index in [1.807, 2.05) is 0 Å². The topological polar surface area (TPSA) is 0 Å². The SMILES string of the molecule is CCCCC(CC)CBr.[Zn]. The molecule has 0 aliphatic carbocycles. The van der Waals surface area contributed by atoms with Crippen molar-refractivity contribution in [2.75, 3.05) is 5.33 Å². The third-order valence-corrected chi connectivity index (χ3v) is 2.68. The summed E-state index contributed by atoms with van der Waals surface area (Å²) in [6.07, 6.45) is 5.46. The van der Waals surface area contributed by atoms with Crippen LogP contribution in [0, 0.1) is 5.92 Å². The zero-order valence-corrected chi connectivity index (χ0v) is 11.8. The zero-order chi connectivity index (χ0) is 7.11. The molecule has 2 heteroatoms. The van der Waals surface area contributed by atoms with E-state index in [-0.39, 0.29) is 19.5 Å². The smallest absolute Gasteiger partial charge is 0.00595 e. The molecule has 10 heavy (non-hydrogen) atoms. The van der Waals surface area contributed by atoms with E-state index >= 15 is 0 Å². The van der Waals surface area contributed by atoms with Crippen molar-refractivity contribution in [1.82, 2.24) is 0 Å². The Morgan fingerprint density at radius 3 is 2.20 bits per heavy atom. The van der Waals surface area contributed by atoms with Crippen molar-refractivity contribution in [1.29, 1.82) is 0 Å². The van der Waals surface area contributed by atoms with Gasteiger partial charge in [-0.05, 0) is 12.3 Å². The first-order valence-corrected chi connectivity index (χ1v) is 5.03. The van der Waals surface area contributed by atoms with Crippen LogP contribution < -0.4 is 0 Å². The summed E-state index contributed by atoms with van der Waals surface area (Å²) in [6.45, 7) is 4.52. The summed E-state index contributed by atoms with van der Waals surface area (Å²) < 4.78 is 0. The fourth-order valence-corrected chi connectivity index (χ4v) is 1.66. The molecule has 1 atom stereocenters. The molecule has 0 aromatic carbocycles. The minimum Gasteiger partial charge on any atom is -0.0925 e. The first kappa shape index (κ1) is 13.7. The zero-order valence-electron chi connectivity index (χ0n) is 7.20. The summed E-state index contributed by atoms with van der Waals surface area (Å²) in [4.78, 5) is 0. The molecule has 0 heterocycles. The van der Waals surface area contributed by atoms with Crippen LogP contribution in [-0.4, -0.2) is 5.33 Å². The van der Waals surface area contributed by atoms with Crippen molar-refractivity contribution >= 4 is 15.9 Å². The van der Waals surface area contributed by atoms with Crippen LogP contribution in [-0.2, 0) is 19.5 Å². The molecule has 1 unspecified atom stereocenters. The molecular formula is C8H17BrZn. The van der Waals surface area contributed by atoms with E-state index in [2.05, 4.69) is 29.8 Å². The fourth-order valence-electron chi connectivity index (χ4n) is 0.883. The van der Waals surface area contributed by atoms with Gasteiger partial charge in [0, 0.05) is 24.8 Å². The number of hydrogen-bond acceptors (Lipinski definition) is 0. The molecule has 0 aliphatic rings. The Morgan fingerprint density at radius 1 is 1.30 bits per heavy atom. The van der Waals surface area contributed by atoms with Crippen molar-refractivity contribution in [3.8, 4) is 0 Å². The van der Waals surface area contributed by atoms with Crippen LogP contribution in [0.25, 0.3) is 0 Å². The summed E-state index contributed by atoms with van der Waals surface area (Å²) in [7, 11) is 0. The van der Waals surface area contributed by atoms with Crippen molar-refractivity contribution in [3.05, 3.63) is 0 Å². The Bertz CT molecular complexity index is 53.2. The molecule has 0 fully saturated rings. The molecule has 0 saturated carbocycles. The molecule has 0 nitrogen and oxygen atoms in total. The Labute approximate surface area is 86.0 Å². The van der Waals surface area contributed by atoms with Gasteiger partial charge in [-0.2, -0.15) is 0 Å². The normalized spacial score (nSPS) is 12.3. The first-order valence-electron chi connectivity index (χ1n) is 3.91. The third kappa shape index (κ3) is 7.21. The van der Waals surface area contributed by atoms with Crippen LogP contribution in [0.3, 0.4) is 0 Å². The summed E-state index contributed by atoms with van der Waals surface area (Å²) >= 11 is 3.51. The fraction of sp³-hybridized carbons (Fsp3) is 1.00. The van der Waals surface area contributed by atoms with Gasteiger partial charge in [0.25, 0.3) is 0 Å². The van der Waals surface area contributed by atoms with Crippen LogP contribution in [0.4, 0.5) is 0 Å². The number of hydrogen-bond donors (Lipinski definition) is 0. The summed E-state index contributed by atoms with van der Waals surface area (Å²) in [5.41, 5.74) is 0. The van der Waals surface area contributed by atoms with Gasteiger partial charge < -0.3 is 0 Å². The van der Waals surface area contributed by atoms with Gasteiger partial charge in [0.15, 0.2) is 0 Å². The van der Waals surface area contributed by atoms with Crippen molar-refractivity contribution in [3.63, 3.8) is 0 Å². The predicted octanol–water partition coefficient (Wildman–Crippen LogP) is 3.60. The van der Waals surface area contributed by atoms with Gasteiger partial charge >= 0.3 is 0 Å². The number of unbranched alkanes of at least 4 members (excludes halogenated alkanes) is 1. The largest absolute Gasteiger partial charge is 0.0925 e. The Morgan fingerprint density at radius 2 is 1.90 bits per heavy atom. The average Bonchev–Trinajstić information content (AvgIpc) is 1.91. The molecule has 0 aromatic heterocycles. The number of rotatable bonds is 5. The second-order valence-corrected chi connectivity index (χ2v) is 3.22. The van der Waals surface area contributed by atoms with Crippen molar-refractivity contribution in [2.45, 2.75) is 39.5 Å². The molecule has 0 aromatic rings. The summed E-state index contributed by atoms with van der Waals surface area (Å²) in [5.74, 6) is 0.921. The van der Waals surface area contributed by atoms with Gasteiger partial charge in [0.1, 0.15) is 0 Å². The van der Waals surface area contributed by atoms with E-state index in [4.69, 9.17) is 0 Å². The van der Waals surface area contributed by atoms with Crippen LogP contribution in [0.5, 0.6) is 0 Å². The Kier molecular flexibility index (Phi) is 13.8. The van der Waals surface area contributed by atoms with Crippen LogP contribution in [0.15, 0.2) is 0 Å². The van der Waals surface area contributed by atoms with E-state index in [1.165, 1.54) is 31.0 Å². The van der Waals surface area contributed by atoms with Crippen LogP contribution >= 0.6 is 15.9 Å². The maximum atomic E-state index is 3.51. The molecule has 0 spiro atoms. The van der Waals surface area contributed by atoms with E-state index in [0.29, 0.717) is 0 Å². The van der Waals surface area contributed by atoms with Gasteiger partial charge in [0.05, 0.1) is 0 Å². The van der Waals surface area contributed by atoms with Gasteiger partial charge in [0.2, 0.25) is 0 Å². The second-order valence-electron chi connectivity index (χ2n) is 2.57. The quantitative estimate of drug-likeness (QED) is 0.522. The Balaban J connectivity index is 0. The van der Waals surface area contributed by atoms with E-state index < -0.39 is 0 Å². The molecule has 0 amide bonds. The average molecular weight is 259 g/mol. The molecule has 0 bridgehead atoms. The second kappa shape index (κ2) is 10.1. The number of halogens is 1. The predicted molar refractivity (Wildman–Crippen MR) is 47.1 cm³/mol. The minimum atomic E-state index is 0. The summed E-state index contributed by atoms with van der Waals surface area (Å²) in [6, 6.07) is 0. The third-order valence-electron chi connectivity index (χ3n) is 1.76. The first-order chi connectivity index (χ1) is 4.35. The standard InChI is InChI=1S/C8H17Br.Zn/c1-3-5-6-8(4-2)7-9;/h8H,3-7H2,1-2H3;. The van der Waals surface area contributed by atoms with Gasteiger partial charge in [-0.15, -0.1) is 0 Å². The van der Waals surface area contributed by atoms with Gasteiger partial charge in [-0.3, -0.25) is 0 Å². The van der Waals surface area contributed by atoms with Crippen molar-refractivity contribution in [2.24, 2.45) is 5.92 Å². The number of alkyl halides is 1. The summed E-state index contributed by atoms with van der Waals surface area (Å²) in [5, 5.41) is 1.18. The van der Waals surface area contributed by atoms with E-state index in [1.54, 1.807) is 0 Å². The monoisotopic (exact) mass is 256 g/mol. The molecule has 0 radical (unpaired) electrons. The molecule has 0 rings (SSSR count). The minimum absolute atomic E-state index is 0. The van der Waals surface area contributed by atoms with Crippen LogP contribution in [0.1, 0.15) is 39.5 Å². The van der Waals surface area contributed by atoms with Gasteiger partial charge in [-0.25, -0.2) is 0 Å². The van der Waals surface area contributed by atoms with E-state index in [9.17, 15) is 0 Å². The Hall–Kier alpha value is 1.10.